The normalized spacial score (nSPS) is 13.0. The lowest BCUT2D eigenvalue weighted by Crippen LogP contribution is -2.15. The number of fused-ring (bicyclic) bond motifs is 1. The Bertz CT molecular complexity index is 643. The maximum absolute atomic E-state index is 5.59. The molecule has 0 bridgehead atoms. The average Bonchev–Trinajstić information content (AvgIpc) is 2.51. The highest BCUT2D eigenvalue weighted by atomic mass is 16.6. The topological polar surface area (TPSA) is 56.3 Å². The molecule has 0 aliphatic carbocycles. The van der Waals surface area contributed by atoms with E-state index in [1.807, 2.05) is 26.0 Å². The number of nitrogens with zero attached hydrogens (tertiary/aromatic N) is 2. The van der Waals surface area contributed by atoms with Crippen LogP contribution in [0.25, 0.3) is 0 Å². The number of anilines is 1. The van der Waals surface area contributed by atoms with E-state index in [4.69, 9.17) is 9.47 Å². The van der Waals surface area contributed by atoms with Gasteiger partial charge in [0.1, 0.15) is 19.0 Å². The van der Waals surface area contributed by atoms with Crippen molar-refractivity contribution in [2.75, 3.05) is 25.1 Å². The zero-order valence-corrected chi connectivity index (χ0v) is 12.3. The minimum absolute atomic E-state index is 0.618. The van der Waals surface area contributed by atoms with E-state index in [-0.39, 0.29) is 0 Å². The molecule has 0 radical (unpaired) electrons. The predicted octanol–water partition coefficient (Wildman–Crippen LogP) is 2.52. The van der Waals surface area contributed by atoms with Crippen LogP contribution in [0.4, 0.5) is 5.82 Å². The van der Waals surface area contributed by atoms with Crippen molar-refractivity contribution in [3.63, 3.8) is 0 Å². The van der Waals surface area contributed by atoms with E-state index in [9.17, 15) is 0 Å². The van der Waals surface area contributed by atoms with Crippen molar-refractivity contribution in [1.82, 2.24) is 9.97 Å². The maximum atomic E-state index is 5.59. The Kier molecular flexibility index (Phi) is 3.90. The molecule has 3 rings (SSSR count). The molecule has 2 heterocycles. The predicted molar refractivity (Wildman–Crippen MR) is 81.1 cm³/mol. The fraction of sp³-hybridized carbons (Fsp3) is 0.375. The molecule has 1 aliphatic heterocycles. The Labute approximate surface area is 124 Å². The molecule has 5 nitrogen and oxygen atoms in total. The van der Waals surface area contributed by atoms with Crippen molar-refractivity contribution in [2.24, 2.45) is 0 Å². The second-order valence-corrected chi connectivity index (χ2v) is 5.08. The summed E-state index contributed by atoms with van der Waals surface area (Å²) in [6, 6.07) is 6.09. The molecular formula is C16H19N3O2. The van der Waals surface area contributed by atoms with E-state index in [1.54, 1.807) is 6.20 Å². The number of aryl methyl sites for hydroxylation is 2. The van der Waals surface area contributed by atoms with E-state index < -0.39 is 0 Å². The van der Waals surface area contributed by atoms with Gasteiger partial charge in [0.2, 0.25) is 0 Å². The number of hydrogen-bond donors (Lipinski definition) is 1. The van der Waals surface area contributed by atoms with E-state index in [0.717, 1.165) is 41.7 Å². The van der Waals surface area contributed by atoms with Crippen LogP contribution in [0, 0.1) is 13.8 Å². The lowest BCUT2D eigenvalue weighted by molar-refractivity contribution is 0.171. The fourth-order valence-corrected chi connectivity index (χ4v) is 2.21. The smallest absolute Gasteiger partial charge is 0.161 e. The van der Waals surface area contributed by atoms with Gasteiger partial charge >= 0.3 is 0 Å². The third-order valence-corrected chi connectivity index (χ3v) is 3.52. The third-order valence-electron chi connectivity index (χ3n) is 3.52. The minimum atomic E-state index is 0.618. The van der Waals surface area contributed by atoms with Crippen molar-refractivity contribution in [3.05, 3.63) is 41.3 Å². The van der Waals surface area contributed by atoms with Crippen molar-refractivity contribution in [3.8, 4) is 11.5 Å². The first-order chi connectivity index (χ1) is 10.2. The highest BCUT2D eigenvalue weighted by Gasteiger charge is 2.11. The minimum Gasteiger partial charge on any atom is -0.486 e. The van der Waals surface area contributed by atoms with Crippen molar-refractivity contribution < 1.29 is 9.47 Å². The van der Waals surface area contributed by atoms with Crippen LogP contribution in [0.2, 0.25) is 0 Å². The molecule has 0 unspecified atom stereocenters. The van der Waals surface area contributed by atoms with E-state index in [0.29, 0.717) is 13.2 Å². The molecule has 0 atom stereocenters. The van der Waals surface area contributed by atoms with Gasteiger partial charge in [-0.25, -0.2) is 4.98 Å². The Morgan fingerprint density at radius 1 is 1.10 bits per heavy atom. The second-order valence-electron chi connectivity index (χ2n) is 5.08. The third kappa shape index (κ3) is 3.24. The Hall–Kier alpha value is -2.30. The van der Waals surface area contributed by atoms with E-state index >= 15 is 0 Å². The summed E-state index contributed by atoms with van der Waals surface area (Å²) in [6.45, 7) is 5.97. The molecule has 1 aromatic heterocycles. The van der Waals surface area contributed by atoms with Gasteiger partial charge in [-0.15, -0.1) is 0 Å². The number of aromatic nitrogens is 2. The highest BCUT2D eigenvalue weighted by molar-refractivity contribution is 5.44. The van der Waals surface area contributed by atoms with Gasteiger partial charge in [0.25, 0.3) is 0 Å². The molecule has 0 saturated carbocycles. The number of ether oxygens (including phenoxy) is 2. The number of nitrogens with one attached hydrogen (secondary N) is 1. The van der Waals surface area contributed by atoms with Crippen LogP contribution in [-0.2, 0) is 6.42 Å². The molecule has 1 aromatic carbocycles. The van der Waals surface area contributed by atoms with Gasteiger partial charge in [0.15, 0.2) is 11.5 Å². The Balaban J connectivity index is 1.58. The summed E-state index contributed by atoms with van der Waals surface area (Å²) in [7, 11) is 0. The van der Waals surface area contributed by atoms with Crippen molar-refractivity contribution >= 4 is 5.82 Å². The van der Waals surface area contributed by atoms with Crippen LogP contribution < -0.4 is 14.8 Å². The summed E-state index contributed by atoms with van der Waals surface area (Å²) in [5.41, 5.74) is 3.13. The second kappa shape index (κ2) is 5.99. The first-order valence-corrected chi connectivity index (χ1v) is 7.15. The largest absolute Gasteiger partial charge is 0.486 e. The number of benzene rings is 1. The zero-order valence-electron chi connectivity index (χ0n) is 12.3. The number of hydrogen-bond acceptors (Lipinski definition) is 5. The van der Waals surface area contributed by atoms with Gasteiger partial charge in [-0.2, -0.15) is 0 Å². The summed E-state index contributed by atoms with van der Waals surface area (Å²) in [5, 5.41) is 3.30. The van der Waals surface area contributed by atoms with Crippen molar-refractivity contribution in [2.45, 2.75) is 20.3 Å². The standard InChI is InChI=1S/C16H19N3O2/c1-11-12(2)19-16(10-18-11)17-6-5-13-3-4-14-15(9-13)21-8-7-20-14/h3-4,9-10H,5-8H2,1-2H3,(H,17,19). The zero-order chi connectivity index (χ0) is 14.7. The van der Waals surface area contributed by atoms with Gasteiger partial charge in [0, 0.05) is 6.54 Å². The molecule has 0 saturated heterocycles. The fourth-order valence-electron chi connectivity index (χ4n) is 2.21. The van der Waals surface area contributed by atoms with Gasteiger partial charge in [-0.05, 0) is 38.0 Å². The van der Waals surface area contributed by atoms with Crippen LogP contribution in [0.15, 0.2) is 24.4 Å². The maximum Gasteiger partial charge on any atom is 0.161 e. The molecule has 1 aliphatic rings. The molecule has 5 heteroatoms. The van der Waals surface area contributed by atoms with Crippen LogP contribution in [0.5, 0.6) is 11.5 Å². The first kappa shape index (κ1) is 13.7. The Morgan fingerprint density at radius 3 is 2.71 bits per heavy atom. The summed E-state index contributed by atoms with van der Waals surface area (Å²) in [5.74, 6) is 2.48. The molecule has 0 spiro atoms. The molecule has 1 N–H and O–H groups in total. The molecule has 0 fully saturated rings. The lowest BCUT2D eigenvalue weighted by atomic mass is 10.1. The summed E-state index contributed by atoms with van der Waals surface area (Å²) < 4.78 is 11.1. The van der Waals surface area contributed by atoms with Crippen LogP contribution in [-0.4, -0.2) is 29.7 Å². The quantitative estimate of drug-likeness (QED) is 0.935. The van der Waals surface area contributed by atoms with Crippen LogP contribution >= 0.6 is 0 Å². The van der Waals surface area contributed by atoms with Gasteiger partial charge in [0.05, 0.1) is 17.6 Å². The first-order valence-electron chi connectivity index (χ1n) is 7.15. The van der Waals surface area contributed by atoms with Gasteiger partial charge in [-0.3, -0.25) is 4.98 Å². The molecule has 21 heavy (non-hydrogen) atoms. The van der Waals surface area contributed by atoms with Crippen LogP contribution in [0.3, 0.4) is 0 Å². The Morgan fingerprint density at radius 2 is 1.90 bits per heavy atom. The average molecular weight is 285 g/mol. The number of rotatable bonds is 4. The van der Waals surface area contributed by atoms with Gasteiger partial charge < -0.3 is 14.8 Å². The van der Waals surface area contributed by atoms with Crippen LogP contribution in [0.1, 0.15) is 17.0 Å². The SMILES string of the molecule is Cc1ncc(NCCc2ccc3c(c2)OCCO3)nc1C. The van der Waals surface area contributed by atoms with Crippen molar-refractivity contribution in [1.29, 1.82) is 0 Å². The summed E-state index contributed by atoms with van der Waals surface area (Å²) in [4.78, 5) is 8.76. The summed E-state index contributed by atoms with van der Waals surface area (Å²) in [6.07, 6.45) is 2.66. The monoisotopic (exact) mass is 285 g/mol. The van der Waals surface area contributed by atoms with E-state index in [2.05, 4.69) is 21.4 Å². The molecule has 2 aromatic rings. The van der Waals surface area contributed by atoms with Gasteiger partial charge in [-0.1, -0.05) is 6.07 Å². The molecular weight excluding hydrogens is 266 g/mol. The lowest BCUT2D eigenvalue weighted by Gasteiger charge is -2.18. The molecule has 110 valence electrons. The van der Waals surface area contributed by atoms with E-state index in [1.165, 1.54) is 5.56 Å². The molecule has 0 amide bonds. The highest BCUT2D eigenvalue weighted by Crippen LogP contribution is 2.30. The summed E-state index contributed by atoms with van der Waals surface area (Å²) >= 11 is 0.